The fourth-order valence-electron chi connectivity index (χ4n) is 3.43. The van der Waals surface area contributed by atoms with E-state index in [-0.39, 0.29) is 6.10 Å². The molecule has 1 unspecified atom stereocenters. The fourth-order valence-corrected chi connectivity index (χ4v) is 3.43. The monoisotopic (exact) mass is 349 g/mol. The summed E-state index contributed by atoms with van der Waals surface area (Å²) in [5, 5.41) is 8.85. The van der Waals surface area contributed by atoms with Crippen LogP contribution in [0.25, 0.3) is 0 Å². The quantitative estimate of drug-likeness (QED) is 0.725. The molecule has 1 atom stereocenters. The lowest BCUT2D eigenvalue weighted by Gasteiger charge is -2.34. The maximum absolute atomic E-state index is 6.03. The Morgan fingerprint density at radius 2 is 2.04 bits per heavy atom. The normalized spacial score (nSPS) is 17.5. The fraction of sp³-hybridized carbons (Fsp3) is 0.350. The van der Waals surface area contributed by atoms with Crippen LogP contribution in [0, 0.1) is 6.92 Å². The Hall–Kier alpha value is -2.73. The van der Waals surface area contributed by atoms with E-state index < -0.39 is 0 Å². The number of hydrogen-bond acceptors (Lipinski definition) is 5. The Morgan fingerprint density at radius 1 is 1.15 bits per heavy atom. The number of pyridine rings is 1. The molecule has 0 saturated carbocycles. The van der Waals surface area contributed by atoms with E-state index >= 15 is 0 Å². The van der Waals surface area contributed by atoms with Gasteiger partial charge in [0.05, 0.1) is 13.2 Å². The Balaban J connectivity index is 1.53. The molecule has 1 saturated heterocycles. The molecule has 0 spiro atoms. The first-order valence-electron chi connectivity index (χ1n) is 8.91. The summed E-state index contributed by atoms with van der Waals surface area (Å²) in [7, 11) is 2.03. The topological polar surface area (TPSA) is 56.1 Å². The molecule has 1 aliphatic heterocycles. The van der Waals surface area contributed by atoms with Crippen molar-refractivity contribution in [3.8, 4) is 0 Å². The minimum Gasteiger partial charge on any atom is -0.370 e. The second kappa shape index (κ2) is 7.25. The van der Waals surface area contributed by atoms with Gasteiger partial charge >= 0.3 is 0 Å². The predicted octanol–water partition coefficient (Wildman–Crippen LogP) is 2.69. The van der Waals surface area contributed by atoms with Crippen LogP contribution in [0.15, 0.2) is 48.8 Å². The highest BCUT2D eigenvalue weighted by atomic mass is 16.5. The third-order valence-corrected chi connectivity index (χ3v) is 4.91. The van der Waals surface area contributed by atoms with E-state index in [2.05, 4.69) is 61.9 Å². The number of anilines is 1. The Morgan fingerprint density at radius 3 is 2.85 bits per heavy atom. The van der Waals surface area contributed by atoms with Gasteiger partial charge in [0.25, 0.3) is 0 Å². The first kappa shape index (κ1) is 16.7. The lowest BCUT2D eigenvalue weighted by atomic mass is 10.0. The Bertz CT molecular complexity index is 877. The Labute approximate surface area is 153 Å². The average Bonchev–Trinajstić information content (AvgIpc) is 3.03. The van der Waals surface area contributed by atoms with Crippen LogP contribution in [-0.2, 0) is 18.2 Å². The smallest absolute Gasteiger partial charge is 0.227 e. The van der Waals surface area contributed by atoms with Gasteiger partial charge in [0.2, 0.25) is 5.95 Å². The number of rotatable bonds is 4. The molecule has 6 heteroatoms. The zero-order valence-electron chi connectivity index (χ0n) is 15.2. The van der Waals surface area contributed by atoms with Gasteiger partial charge < -0.3 is 14.2 Å². The van der Waals surface area contributed by atoms with Gasteiger partial charge in [0.1, 0.15) is 11.9 Å². The number of hydrogen-bond donors (Lipinski definition) is 0. The van der Waals surface area contributed by atoms with Gasteiger partial charge in [-0.05, 0) is 29.7 Å². The third-order valence-electron chi connectivity index (χ3n) is 4.91. The van der Waals surface area contributed by atoms with Crippen molar-refractivity contribution in [2.24, 2.45) is 7.05 Å². The molecule has 4 rings (SSSR count). The van der Waals surface area contributed by atoms with Crippen LogP contribution in [0.2, 0.25) is 0 Å². The molecule has 0 aliphatic carbocycles. The number of aryl methyl sites for hydroxylation is 1. The molecule has 0 bridgehead atoms. The van der Waals surface area contributed by atoms with Gasteiger partial charge in [-0.1, -0.05) is 30.3 Å². The molecule has 26 heavy (non-hydrogen) atoms. The molecule has 6 nitrogen and oxygen atoms in total. The van der Waals surface area contributed by atoms with Gasteiger partial charge in [-0.3, -0.25) is 4.98 Å². The molecule has 2 aromatic heterocycles. The highest BCUT2D eigenvalue weighted by Crippen LogP contribution is 2.27. The lowest BCUT2D eigenvalue weighted by molar-refractivity contribution is 0.0386. The van der Waals surface area contributed by atoms with E-state index in [1.807, 2.05) is 19.3 Å². The largest absolute Gasteiger partial charge is 0.370 e. The van der Waals surface area contributed by atoms with Gasteiger partial charge in [-0.25, -0.2) is 0 Å². The van der Waals surface area contributed by atoms with E-state index in [0.717, 1.165) is 36.8 Å². The van der Waals surface area contributed by atoms with Crippen LogP contribution in [-0.4, -0.2) is 39.4 Å². The second-order valence-electron chi connectivity index (χ2n) is 6.68. The summed E-state index contributed by atoms with van der Waals surface area (Å²) in [4.78, 5) is 6.44. The molecule has 0 amide bonds. The van der Waals surface area contributed by atoms with Crippen LogP contribution in [0.4, 0.5) is 5.95 Å². The molecular weight excluding hydrogens is 326 g/mol. The summed E-state index contributed by atoms with van der Waals surface area (Å²) in [6.45, 7) is 4.42. The van der Waals surface area contributed by atoms with Crippen LogP contribution in [0.1, 0.15) is 28.6 Å². The van der Waals surface area contributed by atoms with Crippen molar-refractivity contribution >= 4 is 5.95 Å². The number of ether oxygens (including phenoxy) is 1. The van der Waals surface area contributed by atoms with Gasteiger partial charge in [0, 0.05) is 32.4 Å². The molecule has 1 aromatic carbocycles. The van der Waals surface area contributed by atoms with E-state index in [1.165, 1.54) is 11.1 Å². The van der Waals surface area contributed by atoms with Gasteiger partial charge in [-0.2, -0.15) is 0 Å². The van der Waals surface area contributed by atoms with Crippen molar-refractivity contribution in [3.05, 3.63) is 71.3 Å². The number of morpholine rings is 1. The highest BCUT2D eigenvalue weighted by Gasteiger charge is 2.26. The summed E-state index contributed by atoms with van der Waals surface area (Å²) in [6.07, 6.45) is 4.44. The minimum atomic E-state index is 0.0587. The van der Waals surface area contributed by atoms with Crippen molar-refractivity contribution in [3.63, 3.8) is 0 Å². The molecule has 1 aliphatic rings. The zero-order chi connectivity index (χ0) is 17.9. The lowest BCUT2D eigenvalue weighted by Crippen LogP contribution is -2.40. The molecule has 3 heterocycles. The van der Waals surface area contributed by atoms with Crippen LogP contribution in [0.5, 0.6) is 0 Å². The number of nitrogens with zero attached hydrogens (tertiary/aromatic N) is 5. The van der Waals surface area contributed by atoms with Crippen molar-refractivity contribution in [1.29, 1.82) is 0 Å². The van der Waals surface area contributed by atoms with E-state index in [4.69, 9.17) is 4.74 Å². The first-order chi connectivity index (χ1) is 12.7. The molecule has 0 N–H and O–H groups in total. The number of aromatic nitrogens is 4. The standard InChI is InChI=1S/C20H23N5O/c1-15-6-3-4-8-17(15)18-14-25(10-11-26-18)20-23-22-19(24(20)2)12-16-7-5-9-21-13-16/h3-9,13,18H,10-12,14H2,1-2H3. The van der Waals surface area contributed by atoms with E-state index in [0.29, 0.717) is 6.61 Å². The third kappa shape index (κ3) is 3.32. The van der Waals surface area contributed by atoms with Crippen molar-refractivity contribution in [1.82, 2.24) is 19.7 Å². The van der Waals surface area contributed by atoms with Crippen molar-refractivity contribution in [2.45, 2.75) is 19.4 Å². The second-order valence-corrected chi connectivity index (χ2v) is 6.68. The molecular formula is C20H23N5O. The van der Waals surface area contributed by atoms with Crippen LogP contribution < -0.4 is 4.90 Å². The molecule has 3 aromatic rings. The average molecular weight is 349 g/mol. The van der Waals surface area contributed by atoms with Crippen LogP contribution in [0.3, 0.4) is 0 Å². The summed E-state index contributed by atoms with van der Waals surface area (Å²) in [5.74, 6) is 1.83. The zero-order valence-corrected chi connectivity index (χ0v) is 15.2. The summed E-state index contributed by atoms with van der Waals surface area (Å²) in [5.41, 5.74) is 3.64. The summed E-state index contributed by atoms with van der Waals surface area (Å²) < 4.78 is 8.11. The SMILES string of the molecule is Cc1ccccc1C1CN(c2nnc(Cc3cccnc3)n2C)CCO1. The van der Waals surface area contributed by atoms with Gasteiger partial charge in [0.15, 0.2) is 0 Å². The van der Waals surface area contributed by atoms with Crippen molar-refractivity contribution < 1.29 is 4.74 Å². The maximum Gasteiger partial charge on any atom is 0.227 e. The molecule has 0 radical (unpaired) electrons. The summed E-state index contributed by atoms with van der Waals surface area (Å²) in [6, 6.07) is 12.4. The maximum atomic E-state index is 6.03. The summed E-state index contributed by atoms with van der Waals surface area (Å²) >= 11 is 0. The minimum absolute atomic E-state index is 0.0587. The number of benzene rings is 1. The molecule has 1 fully saturated rings. The van der Waals surface area contributed by atoms with Crippen LogP contribution >= 0.6 is 0 Å². The highest BCUT2D eigenvalue weighted by molar-refractivity contribution is 5.36. The van der Waals surface area contributed by atoms with E-state index in [1.54, 1.807) is 6.20 Å². The van der Waals surface area contributed by atoms with Crippen molar-refractivity contribution in [2.75, 3.05) is 24.6 Å². The van der Waals surface area contributed by atoms with E-state index in [9.17, 15) is 0 Å². The Kier molecular flexibility index (Phi) is 4.67. The molecule has 134 valence electrons. The van der Waals surface area contributed by atoms with Gasteiger partial charge in [-0.15, -0.1) is 10.2 Å². The first-order valence-corrected chi connectivity index (χ1v) is 8.91. The predicted molar refractivity (Wildman–Crippen MR) is 100 cm³/mol.